The van der Waals surface area contributed by atoms with Gasteiger partial charge in [0, 0.05) is 5.92 Å². The molecular formula is C17H27NO2. The summed E-state index contributed by atoms with van der Waals surface area (Å²) in [5, 5.41) is 0. The predicted molar refractivity (Wildman–Crippen MR) is 82.3 cm³/mol. The predicted octanol–water partition coefficient (Wildman–Crippen LogP) is 3.76. The van der Waals surface area contributed by atoms with Crippen LogP contribution in [0.3, 0.4) is 0 Å². The highest BCUT2D eigenvalue weighted by atomic mass is 16.5. The van der Waals surface area contributed by atoms with Crippen molar-refractivity contribution in [2.24, 2.45) is 11.7 Å². The second-order valence-corrected chi connectivity index (χ2v) is 5.61. The highest BCUT2D eigenvalue weighted by Gasteiger charge is 2.24. The monoisotopic (exact) mass is 277 g/mol. The summed E-state index contributed by atoms with van der Waals surface area (Å²) in [6, 6.07) is 7.98. The van der Waals surface area contributed by atoms with Crippen LogP contribution in [0.5, 0.6) is 11.5 Å². The van der Waals surface area contributed by atoms with E-state index in [-0.39, 0.29) is 6.10 Å². The second kappa shape index (κ2) is 8.15. The van der Waals surface area contributed by atoms with Crippen molar-refractivity contribution in [3.63, 3.8) is 0 Å². The van der Waals surface area contributed by atoms with Crippen molar-refractivity contribution < 1.29 is 9.47 Å². The molecule has 0 radical (unpaired) electrons. The summed E-state index contributed by atoms with van der Waals surface area (Å²) in [5.41, 5.74) is 5.90. The maximum Gasteiger partial charge on any atom is 0.120 e. The van der Waals surface area contributed by atoms with Crippen LogP contribution in [-0.4, -0.2) is 19.3 Å². The standard InChI is InChI=1S/C17H27NO2/c1-2-12-19-15-8-10-16(11-9-15)20-17-7-5-3-4-6-14(17)13-18/h8-11,14,17H,2-7,12-13,18H2,1H3. The normalized spacial score (nSPS) is 23.1. The Morgan fingerprint density at radius 3 is 2.45 bits per heavy atom. The summed E-state index contributed by atoms with van der Waals surface area (Å²) >= 11 is 0. The summed E-state index contributed by atoms with van der Waals surface area (Å²) in [6.45, 7) is 3.59. The molecule has 0 aromatic heterocycles. The number of ether oxygens (including phenoxy) is 2. The van der Waals surface area contributed by atoms with Gasteiger partial charge >= 0.3 is 0 Å². The van der Waals surface area contributed by atoms with Gasteiger partial charge in [0.25, 0.3) is 0 Å². The molecule has 20 heavy (non-hydrogen) atoms. The van der Waals surface area contributed by atoms with Gasteiger partial charge in [-0.3, -0.25) is 0 Å². The third-order valence-electron chi connectivity index (χ3n) is 3.98. The van der Waals surface area contributed by atoms with Crippen LogP contribution in [0.25, 0.3) is 0 Å². The lowest BCUT2D eigenvalue weighted by molar-refractivity contribution is 0.129. The number of benzene rings is 1. The molecule has 3 heteroatoms. The van der Waals surface area contributed by atoms with Crippen molar-refractivity contribution in [2.45, 2.75) is 51.6 Å². The zero-order valence-corrected chi connectivity index (χ0v) is 12.5. The lowest BCUT2D eigenvalue weighted by Gasteiger charge is -2.25. The largest absolute Gasteiger partial charge is 0.494 e. The van der Waals surface area contributed by atoms with E-state index in [0.29, 0.717) is 5.92 Å². The van der Waals surface area contributed by atoms with E-state index in [1.807, 2.05) is 24.3 Å². The van der Waals surface area contributed by atoms with E-state index in [9.17, 15) is 0 Å². The minimum atomic E-state index is 0.268. The molecule has 3 nitrogen and oxygen atoms in total. The molecule has 1 aromatic rings. The molecule has 112 valence electrons. The summed E-state index contributed by atoms with van der Waals surface area (Å²) in [7, 11) is 0. The molecule has 1 aliphatic carbocycles. The van der Waals surface area contributed by atoms with Crippen LogP contribution in [0.15, 0.2) is 24.3 Å². The first-order chi connectivity index (χ1) is 9.83. The Kier molecular flexibility index (Phi) is 6.19. The average Bonchev–Trinajstić information content (AvgIpc) is 2.71. The second-order valence-electron chi connectivity index (χ2n) is 5.61. The van der Waals surface area contributed by atoms with Gasteiger partial charge in [0.05, 0.1) is 6.61 Å². The number of hydrogen-bond acceptors (Lipinski definition) is 3. The Morgan fingerprint density at radius 1 is 1.05 bits per heavy atom. The average molecular weight is 277 g/mol. The van der Waals surface area contributed by atoms with E-state index in [1.165, 1.54) is 25.7 Å². The van der Waals surface area contributed by atoms with Gasteiger partial charge < -0.3 is 15.2 Å². The van der Waals surface area contributed by atoms with Crippen LogP contribution in [0.2, 0.25) is 0 Å². The van der Waals surface area contributed by atoms with Gasteiger partial charge in [-0.05, 0) is 56.5 Å². The van der Waals surface area contributed by atoms with Crippen LogP contribution in [0, 0.1) is 5.92 Å². The van der Waals surface area contributed by atoms with Crippen LogP contribution < -0.4 is 15.2 Å². The van der Waals surface area contributed by atoms with Gasteiger partial charge in [-0.1, -0.05) is 19.8 Å². The lowest BCUT2D eigenvalue weighted by atomic mass is 9.97. The first-order valence-corrected chi connectivity index (χ1v) is 7.93. The third-order valence-corrected chi connectivity index (χ3v) is 3.98. The van der Waals surface area contributed by atoms with E-state index in [2.05, 4.69) is 6.92 Å². The molecule has 2 N–H and O–H groups in total. The van der Waals surface area contributed by atoms with Crippen molar-refractivity contribution in [3.8, 4) is 11.5 Å². The first-order valence-electron chi connectivity index (χ1n) is 7.93. The SMILES string of the molecule is CCCOc1ccc(OC2CCCCCC2CN)cc1. The molecule has 2 unspecified atom stereocenters. The number of nitrogens with two attached hydrogens (primary N) is 1. The molecule has 1 fully saturated rings. The lowest BCUT2D eigenvalue weighted by Crippen LogP contribution is -2.31. The molecule has 1 aliphatic rings. The summed E-state index contributed by atoms with van der Waals surface area (Å²) in [4.78, 5) is 0. The minimum absolute atomic E-state index is 0.268. The summed E-state index contributed by atoms with van der Waals surface area (Å²) in [6.07, 6.45) is 7.45. The molecule has 0 saturated heterocycles. The number of rotatable bonds is 6. The highest BCUT2D eigenvalue weighted by molar-refractivity contribution is 5.31. The quantitative estimate of drug-likeness (QED) is 0.805. The Hall–Kier alpha value is -1.22. The topological polar surface area (TPSA) is 44.5 Å². The van der Waals surface area contributed by atoms with E-state index in [0.717, 1.165) is 37.5 Å². The maximum absolute atomic E-state index is 6.16. The van der Waals surface area contributed by atoms with Crippen LogP contribution in [0.4, 0.5) is 0 Å². The first kappa shape index (κ1) is 15.2. The van der Waals surface area contributed by atoms with Crippen LogP contribution in [0.1, 0.15) is 45.4 Å². The molecule has 0 bridgehead atoms. The van der Waals surface area contributed by atoms with Gasteiger partial charge in [0.2, 0.25) is 0 Å². The minimum Gasteiger partial charge on any atom is -0.494 e. The summed E-state index contributed by atoms with van der Waals surface area (Å²) < 4.78 is 11.7. The van der Waals surface area contributed by atoms with Crippen molar-refractivity contribution in [1.29, 1.82) is 0 Å². The Bertz CT molecular complexity index is 377. The van der Waals surface area contributed by atoms with E-state index >= 15 is 0 Å². The molecular weight excluding hydrogens is 250 g/mol. The van der Waals surface area contributed by atoms with Crippen molar-refractivity contribution in [3.05, 3.63) is 24.3 Å². The molecule has 0 heterocycles. The molecule has 1 aromatic carbocycles. The Balaban J connectivity index is 1.93. The molecule has 0 amide bonds. The van der Waals surface area contributed by atoms with E-state index in [4.69, 9.17) is 15.2 Å². The van der Waals surface area contributed by atoms with Crippen LogP contribution >= 0.6 is 0 Å². The van der Waals surface area contributed by atoms with Crippen molar-refractivity contribution >= 4 is 0 Å². The van der Waals surface area contributed by atoms with E-state index < -0.39 is 0 Å². The van der Waals surface area contributed by atoms with Crippen LogP contribution in [-0.2, 0) is 0 Å². The smallest absolute Gasteiger partial charge is 0.120 e. The third kappa shape index (κ3) is 4.41. The Labute approximate surface area is 122 Å². The maximum atomic E-state index is 6.16. The zero-order valence-electron chi connectivity index (χ0n) is 12.5. The van der Waals surface area contributed by atoms with E-state index in [1.54, 1.807) is 0 Å². The zero-order chi connectivity index (χ0) is 14.2. The molecule has 0 spiro atoms. The van der Waals surface area contributed by atoms with Crippen molar-refractivity contribution in [1.82, 2.24) is 0 Å². The van der Waals surface area contributed by atoms with Gasteiger partial charge in [-0.15, -0.1) is 0 Å². The summed E-state index contributed by atoms with van der Waals surface area (Å²) in [5.74, 6) is 2.34. The fourth-order valence-electron chi connectivity index (χ4n) is 2.78. The van der Waals surface area contributed by atoms with Gasteiger partial charge in [-0.2, -0.15) is 0 Å². The molecule has 0 aliphatic heterocycles. The van der Waals surface area contributed by atoms with Crippen molar-refractivity contribution in [2.75, 3.05) is 13.2 Å². The molecule has 1 saturated carbocycles. The highest BCUT2D eigenvalue weighted by Crippen LogP contribution is 2.28. The fraction of sp³-hybridized carbons (Fsp3) is 0.647. The number of hydrogen-bond donors (Lipinski definition) is 1. The molecule has 2 rings (SSSR count). The fourth-order valence-corrected chi connectivity index (χ4v) is 2.78. The van der Waals surface area contributed by atoms with Gasteiger partial charge in [-0.25, -0.2) is 0 Å². The van der Waals surface area contributed by atoms with Gasteiger partial charge in [0.15, 0.2) is 0 Å². The van der Waals surface area contributed by atoms with Gasteiger partial charge in [0.1, 0.15) is 17.6 Å². The Morgan fingerprint density at radius 2 is 1.75 bits per heavy atom. The molecule has 2 atom stereocenters.